The summed E-state index contributed by atoms with van der Waals surface area (Å²) in [5, 5.41) is 15.2. The first-order valence-corrected chi connectivity index (χ1v) is 9.10. The zero-order valence-corrected chi connectivity index (χ0v) is 15.7. The van der Waals surface area contributed by atoms with E-state index in [2.05, 4.69) is 25.6 Å². The Kier molecular flexibility index (Phi) is 5.74. The molecule has 0 unspecified atom stereocenters. The fourth-order valence-corrected chi connectivity index (χ4v) is 2.61. The molecule has 0 radical (unpaired) electrons. The van der Waals surface area contributed by atoms with E-state index < -0.39 is 0 Å². The molecule has 152 valence electrons. The van der Waals surface area contributed by atoms with Crippen LogP contribution in [0.3, 0.4) is 0 Å². The van der Waals surface area contributed by atoms with E-state index in [1.54, 1.807) is 42.6 Å². The summed E-state index contributed by atoms with van der Waals surface area (Å²) >= 11 is 0. The number of carbonyl (C=O) groups excluding carboxylic acids is 1. The predicted octanol–water partition coefficient (Wildman–Crippen LogP) is 1.90. The number of rotatable bonds is 8. The highest BCUT2D eigenvalue weighted by atomic mass is 19.1. The minimum Gasteiger partial charge on any atom is -0.482 e. The molecular formula is C20H17FN6O3. The maximum absolute atomic E-state index is 13.2. The first-order valence-electron chi connectivity index (χ1n) is 9.10. The minimum absolute atomic E-state index is 0.113. The molecule has 0 aliphatic heterocycles. The molecule has 0 spiro atoms. The average molecular weight is 408 g/mol. The Morgan fingerprint density at radius 3 is 2.73 bits per heavy atom. The Bertz CT molecular complexity index is 1130. The van der Waals surface area contributed by atoms with Crippen LogP contribution in [0.25, 0.3) is 17.0 Å². The van der Waals surface area contributed by atoms with Crippen molar-refractivity contribution in [2.75, 3.05) is 19.8 Å². The van der Waals surface area contributed by atoms with Crippen molar-refractivity contribution in [3.05, 3.63) is 66.7 Å². The van der Waals surface area contributed by atoms with Crippen LogP contribution in [0.5, 0.6) is 11.6 Å². The second-order valence-electron chi connectivity index (χ2n) is 6.15. The van der Waals surface area contributed by atoms with Crippen molar-refractivity contribution in [2.24, 2.45) is 0 Å². The molecule has 3 aromatic heterocycles. The molecule has 3 heterocycles. The summed E-state index contributed by atoms with van der Waals surface area (Å²) < 4.78 is 25.6. The molecule has 1 N–H and O–H groups in total. The number of nitrogens with zero attached hydrogens (tertiary/aromatic N) is 5. The number of hydrogen-bond donors (Lipinski definition) is 1. The van der Waals surface area contributed by atoms with Gasteiger partial charge < -0.3 is 14.8 Å². The molecule has 0 fully saturated rings. The molecule has 1 amide bonds. The highest BCUT2D eigenvalue weighted by Crippen LogP contribution is 2.19. The van der Waals surface area contributed by atoms with Crippen LogP contribution in [0.15, 0.2) is 60.9 Å². The summed E-state index contributed by atoms with van der Waals surface area (Å²) in [7, 11) is 0. The molecule has 0 saturated carbocycles. The van der Waals surface area contributed by atoms with Gasteiger partial charge >= 0.3 is 0 Å². The van der Waals surface area contributed by atoms with E-state index in [0.29, 0.717) is 28.7 Å². The van der Waals surface area contributed by atoms with Gasteiger partial charge in [-0.15, -0.1) is 15.3 Å². The molecule has 9 nitrogen and oxygen atoms in total. The summed E-state index contributed by atoms with van der Waals surface area (Å²) in [4.78, 5) is 15.7. The Balaban J connectivity index is 1.30. The van der Waals surface area contributed by atoms with E-state index in [9.17, 15) is 9.18 Å². The van der Waals surface area contributed by atoms with Crippen molar-refractivity contribution in [3.8, 4) is 23.0 Å². The van der Waals surface area contributed by atoms with E-state index >= 15 is 0 Å². The third-order valence-corrected chi connectivity index (χ3v) is 4.02. The van der Waals surface area contributed by atoms with Gasteiger partial charge in [-0.3, -0.25) is 9.78 Å². The predicted molar refractivity (Wildman–Crippen MR) is 104 cm³/mol. The van der Waals surface area contributed by atoms with E-state index in [0.717, 1.165) is 0 Å². The third-order valence-electron chi connectivity index (χ3n) is 4.02. The number of fused-ring (bicyclic) bond motifs is 1. The van der Waals surface area contributed by atoms with Crippen molar-refractivity contribution in [3.63, 3.8) is 0 Å². The number of aromatic nitrogens is 5. The van der Waals surface area contributed by atoms with Gasteiger partial charge in [0.15, 0.2) is 18.1 Å². The summed E-state index contributed by atoms with van der Waals surface area (Å²) in [5.41, 5.74) is 1.21. The van der Waals surface area contributed by atoms with Crippen LogP contribution in [0.2, 0.25) is 0 Å². The van der Waals surface area contributed by atoms with Crippen molar-refractivity contribution in [1.82, 2.24) is 30.1 Å². The molecule has 10 heteroatoms. The first kappa shape index (κ1) is 19.2. The molecule has 1 aromatic carbocycles. The van der Waals surface area contributed by atoms with E-state index in [4.69, 9.17) is 9.47 Å². The number of nitrogens with one attached hydrogen (secondary N) is 1. The molecular weight excluding hydrogens is 391 g/mol. The standard InChI is InChI=1S/C20H17FN6O3/c21-15-5-3-14(4-6-15)20-25-24-17-7-8-19(26-27(17)20)29-11-10-23-18(28)13-30-16-2-1-9-22-12-16/h1-9,12H,10-11,13H2,(H,23,28). The largest absolute Gasteiger partial charge is 0.482 e. The van der Waals surface area contributed by atoms with Crippen molar-refractivity contribution in [2.45, 2.75) is 0 Å². The zero-order valence-electron chi connectivity index (χ0n) is 15.7. The molecule has 4 aromatic rings. The Morgan fingerprint density at radius 2 is 1.93 bits per heavy atom. The molecule has 4 rings (SSSR count). The fourth-order valence-electron chi connectivity index (χ4n) is 2.61. The van der Waals surface area contributed by atoms with Crippen molar-refractivity contribution >= 4 is 11.6 Å². The Hall–Kier alpha value is -4.08. The van der Waals surface area contributed by atoms with Crippen LogP contribution >= 0.6 is 0 Å². The van der Waals surface area contributed by atoms with E-state index in [1.807, 2.05) is 0 Å². The number of carbonyl (C=O) groups is 1. The highest BCUT2D eigenvalue weighted by Gasteiger charge is 2.11. The van der Waals surface area contributed by atoms with Crippen LogP contribution in [-0.2, 0) is 4.79 Å². The minimum atomic E-state index is -0.336. The van der Waals surface area contributed by atoms with Gasteiger partial charge in [-0.05, 0) is 42.5 Å². The monoisotopic (exact) mass is 408 g/mol. The Morgan fingerprint density at radius 1 is 1.07 bits per heavy atom. The topological polar surface area (TPSA) is 104 Å². The number of benzene rings is 1. The van der Waals surface area contributed by atoms with Gasteiger partial charge in [0.05, 0.1) is 12.7 Å². The molecule has 0 bridgehead atoms. The third kappa shape index (κ3) is 4.66. The highest BCUT2D eigenvalue weighted by molar-refractivity contribution is 5.77. The molecule has 0 atom stereocenters. The van der Waals surface area contributed by atoms with Crippen LogP contribution in [0.4, 0.5) is 4.39 Å². The summed E-state index contributed by atoms with van der Waals surface area (Å²) in [6, 6.07) is 12.7. The smallest absolute Gasteiger partial charge is 0.258 e. The number of hydrogen-bond acceptors (Lipinski definition) is 7. The lowest BCUT2D eigenvalue weighted by Crippen LogP contribution is -2.32. The fraction of sp³-hybridized carbons (Fsp3) is 0.150. The lowest BCUT2D eigenvalue weighted by atomic mass is 10.2. The molecule has 0 aliphatic rings. The summed E-state index contributed by atoms with van der Waals surface area (Å²) in [5.74, 6) is 0.718. The normalized spacial score (nSPS) is 10.7. The van der Waals surface area contributed by atoms with E-state index in [-0.39, 0.29) is 31.5 Å². The lowest BCUT2D eigenvalue weighted by molar-refractivity contribution is -0.123. The van der Waals surface area contributed by atoms with Crippen LogP contribution in [0, 0.1) is 5.82 Å². The van der Waals surface area contributed by atoms with Gasteiger partial charge in [-0.2, -0.15) is 4.52 Å². The second kappa shape index (κ2) is 8.95. The first-order chi connectivity index (χ1) is 14.7. The average Bonchev–Trinajstić information content (AvgIpc) is 3.20. The van der Waals surface area contributed by atoms with Gasteiger partial charge in [0.1, 0.15) is 18.2 Å². The summed E-state index contributed by atoms with van der Waals surface area (Å²) in [6.45, 7) is 0.380. The van der Waals surface area contributed by atoms with Gasteiger partial charge in [0.2, 0.25) is 5.88 Å². The van der Waals surface area contributed by atoms with Crippen molar-refractivity contribution in [1.29, 1.82) is 0 Å². The van der Waals surface area contributed by atoms with Crippen molar-refractivity contribution < 1.29 is 18.7 Å². The second-order valence-corrected chi connectivity index (χ2v) is 6.15. The molecule has 30 heavy (non-hydrogen) atoms. The van der Waals surface area contributed by atoms with Gasteiger partial charge in [-0.1, -0.05) is 0 Å². The number of halogens is 1. The molecule has 0 saturated heterocycles. The quantitative estimate of drug-likeness (QED) is 0.444. The number of pyridine rings is 1. The Labute approximate surface area is 170 Å². The molecule has 0 aliphatic carbocycles. The van der Waals surface area contributed by atoms with Gasteiger partial charge in [0, 0.05) is 17.8 Å². The number of amides is 1. The zero-order chi connectivity index (χ0) is 20.8. The van der Waals surface area contributed by atoms with Crippen LogP contribution in [0.1, 0.15) is 0 Å². The van der Waals surface area contributed by atoms with Gasteiger partial charge in [0.25, 0.3) is 5.91 Å². The number of ether oxygens (including phenoxy) is 2. The maximum atomic E-state index is 13.2. The van der Waals surface area contributed by atoms with Crippen LogP contribution < -0.4 is 14.8 Å². The lowest BCUT2D eigenvalue weighted by Gasteiger charge is -2.08. The summed E-state index contributed by atoms with van der Waals surface area (Å²) in [6.07, 6.45) is 3.15. The van der Waals surface area contributed by atoms with Gasteiger partial charge in [-0.25, -0.2) is 4.39 Å². The van der Waals surface area contributed by atoms with Crippen LogP contribution in [-0.4, -0.2) is 50.5 Å². The maximum Gasteiger partial charge on any atom is 0.258 e. The van der Waals surface area contributed by atoms with E-state index in [1.165, 1.54) is 22.8 Å². The SMILES string of the molecule is O=C(COc1cccnc1)NCCOc1ccc2nnc(-c3ccc(F)cc3)n2n1.